The molecule has 0 unspecified atom stereocenters. The number of nitrogens with zero attached hydrogens (tertiary/aromatic N) is 2. The molecule has 1 aromatic heterocycles. The van der Waals surface area contributed by atoms with Crippen LogP contribution in [0.25, 0.3) is 0 Å². The van der Waals surface area contributed by atoms with Gasteiger partial charge in [-0.05, 0) is 11.6 Å². The second kappa shape index (κ2) is 7.17. The third-order valence-electron chi connectivity index (χ3n) is 2.33. The van der Waals surface area contributed by atoms with Gasteiger partial charge in [-0.15, -0.1) is 0 Å². The summed E-state index contributed by atoms with van der Waals surface area (Å²) in [5.41, 5.74) is 6.25. The Bertz CT molecular complexity index is 434. The van der Waals surface area contributed by atoms with Gasteiger partial charge in [0.25, 0.3) is 5.91 Å². The molecule has 0 radical (unpaired) electrons. The van der Waals surface area contributed by atoms with Crippen molar-refractivity contribution in [3.05, 3.63) is 23.9 Å². The molecule has 0 aliphatic carbocycles. The number of likely N-dealkylation sites (N-methyl/N-ethyl adjacent to an activating group) is 1. The standard InChI is InChI=1S/C11H17N5O3/c1-16(19-2)10(17)7-15-11(18)14-6-8-3-4-9(12)13-5-8/h3-5H,6-7H2,1-2H3,(H2,12,13)(H2,14,15,18). The number of amides is 3. The summed E-state index contributed by atoms with van der Waals surface area (Å²) in [6.07, 6.45) is 1.57. The Morgan fingerprint density at radius 3 is 2.74 bits per heavy atom. The van der Waals surface area contributed by atoms with E-state index in [-0.39, 0.29) is 12.5 Å². The van der Waals surface area contributed by atoms with Gasteiger partial charge in [0.15, 0.2) is 0 Å². The van der Waals surface area contributed by atoms with Crippen molar-refractivity contribution in [2.45, 2.75) is 6.54 Å². The van der Waals surface area contributed by atoms with Gasteiger partial charge in [-0.1, -0.05) is 6.07 Å². The van der Waals surface area contributed by atoms with E-state index in [4.69, 9.17) is 5.73 Å². The maximum Gasteiger partial charge on any atom is 0.315 e. The van der Waals surface area contributed by atoms with Gasteiger partial charge in [0, 0.05) is 19.8 Å². The normalized spacial score (nSPS) is 9.79. The number of nitrogen functional groups attached to an aromatic ring is 1. The average Bonchev–Trinajstić information content (AvgIpc) is 2.43. The highest BCUT2D eigenvalue weighted by Gasteiger charge is 2.09. The van der Waals surface area contributed by atoms with E-state index in [1.54, 1.807) is 18.3 Å². The Morgan fingerprint density at radius 2 is 2.16 bits per heavy atom. The number of hydrogen-bond donors (Lipinski definition) is 3. The Balaban J connectivity index is 2.28. The Hall–Kier alpha value is -2.35. The highest BCUT2D eigenvalue weighted by atomic mass is 16.7. The fraction of sp³-hybridized carbons (Fsp3) is 0.364. The molecule has 0 saturated heterocycles. The Labute approximate surface area is 110 Å². The van der Waals surface area contributed by atoms with E-state index in [0.29, 0.717) is 12.4 Å². The molecule has 3 amide bonds. The number of hydrogen-bond acceptors (Lipinski definition) is 5. The lowest BCUT2D eigenvalue weighted by Crippen LogP contribution is -2.42. The van der Waals surface area contributed by atoms with Crippen LogP contribution in [-0.2, 0) is 16.2 Å². The Morgan fingerprint density at radius 1 is 1.42 bits per heavy atom. The summed E-state index contributed by atoms with van der Waals surface area (Å²) in [5.74, 6) is 0.0632. The summed E-state index contributed by atoms with van der Waals surface area (Å²) >= 11 is 0. The first-order valence-corrected chi connectivity index (χ1v) is 5.55. The van der Waals surface area contributed by atoms with E-state index in [1.807, 2.05) is 0 Å². The second-order valence-electron chi connectivity index (χ2n) is 3.70. The first-order chi connectivity index (χ1) is 9.02. The number of urea groups is 1. The van der Waals surface area contributed by atoms with Crippen LogP contribution in [0, 0.1) is 0 Å². The van der Waals surface area contributed by atoms with Crippen molar-refractivity contribution in [3.8, 4) is 0 Å². The minimum Gasteiger partial charge on any atom is -0.384 e. The molecule has 0 spiro atoms. The van der Waals surface area contributed by atoms with Crippen molar-refractivity contribution >= 4 is 17.8 Å². The van der Waals surface area contributed by atoms with Crippen LogP contribution in [0.1, 0.15) is 5.56 Å². The van der Waals surface area contributed by atoms with Crippen LogP contribution in [0.3, 0.4) is 0 Å². The highest BCUT2D eigenvalue weighted by molar-refractivity contribution is 5.83. The smallest absolute Gasteiger partial charge is 0.315 e. The predicted octanol–water partition coefficient (Wildman–Crippen LogP) is -0.517. The third-order valence-corrected chi connectivity index (χ3v) is 2.33. The number of carbonyl (C=O) groups excluding carboxylic acids is 2. The number of carbonyl (C=O) groups is 2. The lowest BCUT2D eigenvalue weighted by Gasteiger charge is -2.14. The van der Waals surface area contributed by atoms with Crippen LogP contribution in [0.5, 0.6) is 0 Å². The molecular formula is C11H17N5O3. The SMILES string of the molecule is CON(C)C(=O)CNC(=O)NCc1ccc(N)nc1. The molecule has 1 aromatic rings. The number of hydroxylamine groups is 2. The summed E-state index contributed by atoms with van der Waals surface area (Å²) in [7, 11) is 2.83. The number of nitrogens with one attached hydrogen (secondary N) is 2. The van der Waals surface area contributed by atoms with Gasteiger partial charge in [0.2, 0.25) is 0 Å². The molecule has 0 aliphatic heterocycles. The van der Waals surface area contributed by atoms with Crippen molar-refractivity contribution < 1.29 is 14.4 Å². The number of nitrogens with two attached hydrogens (primary N) is 1. The topological polar surface area (TPSA) is 110 Å². The van der Waals surface area contributed by atoms with Crippen LogP contribution in [-0.4, -0.2) is 42.7 Å². The second-order valence-corrected chi connectivity index (χ2v) is 3.70. The molecule has 0 bridgehead atoms. The zero-order valence-electron chi connectivity index (χ0n) is 10.8. The summed E-state index contributed by atoms with van der Waals surface area (Å²) < 4.78 is 0. The molecule has 4 N–H and O–H groups in total. The van der Waals surface area contributed by atoms with Crippen molar-refractivity contribution in [1.29, 1.82) is 0 Å². The Kier molecular flexibility index (Phi) is 5.55. The van der Waals surface area contributed by atoms with Crippen LogP contribution in [0.15, 0.2) is 18.3 Å². The third kappa shape index (κ3) is 5.21. The molecule has 19 heavy (non-hydrogen) atoms. The molecule has 0 saturated carbocycles. The van der Waals surface area contributed by atoms with E-state index in [2.05, 4.69) is 20.5 Å². The van der Waals surface area contributed by atoms with Crippen LogP contribution in [0.4, 0.5) is 10.6 Å². The minimum absolute atomic E-state index is 0.143. The lowest BCUT2D eigenvalue weighted by atomic mass is 10.3. The van der Waals surface area contributed by atoms with Crippen LogP contribution >= 0.6 is 0 Å². The van der Waals surface area contributed by atoms with Crippen molar-refractivity contribution in [2.75, 3.05) is 26.4 Å². The van der Waals surface area contributed by atoms with Gasteiger partial charge in [-0.25, -0.2) is 14.8 Å². The van der Waals surface area contributed by atoms with Gasteiger partial charge in [0.05, 0.1) is 7.11 Å². The molecule has 0 atom stereocenters. The summed E-state index contributed by atoms with van der Waals surface area (Å²) in [6.45, 7) is 0.156. The van der Waals surface area contributed by atoms with Gasteiger partial charge in [0.1, 0.15) is 12.4 Å². The zero-order valence-corrected chi connectivity index (χ0v) is 10.8. The molecule has 104 valence electrons. The quantitative estimate of drug-likeness (QED) is 0.622. The largest absolute Gasteiger partial charge is 0.384 e. The van der Waals surface area contributed by atoms with Gasteiger partial charge >= 0.3 is 6.03 Å². The highest BCUT2D eigenvalue weighted by Crippen LogP contribution is 2.00. The van der Waals surface area contributed by atoms with E-state index < -0.39 is 6.03 Å². The summed E-state index contributed by atoms with van der Waals surface area (Å²) in [4.78, 5) is 31.3. The predicted molar refractivity (Wildman–Crippen MR) is 68.7 cm³/mol. The molecule has 8 heteroatoms. The average molecular weight is 267 g/mol. The van der Waals surface area contributed by atoms with E-state index in [0.717, 1.165) is 10.6 Å². The number of anilines is 1. The molecule has 0 aromatic carbocycles. The number of pyridine rings is 1. The molecule has 1 rings (SSSR count). The minimum atomic E-state index is -0.449. The first kappa shape index (κ1) is 14.7. The number of aromatic nitrogens is 1. The van der Waals surface area contributed by atoms with Crippen molar-refractivity contribution in [2.24, 2.45) is 0 Å². The monoisotopic (exact) mass is 267 g/mol. The van der Waals surface area contributed by atoms with Gasteiger partial charge < -0.3 is 16.4 Å². The number of rotatable bonds is 5. The summed E-state index contributed by atoms with van der Waals surface area (Å²) in [5, 5.41) is 6.03. The molecule has 8 nitrogen and oxygen atoms in total. The van der Waals surface area contributed by atoms with E-state index in [1.165, 1.54) is 14.2 Å². The lowest BCUT2D eigenvalue weighted by molar-refractivity contribution is -0.167. The molecule has 1 heterocycles. The van der Waals surface area contributed by atoms with Crippen molar-refractivity contribution in [1.82, 2.24) is 20.7 Å². The summed E-state index contributed by atoms with van der Waals surface area (Å²) in [6, 6.07) is 2.95. The molecule has 0 fully saturated rings. The van der Waals surface area contributed by atoms with Crippen LogP contribution < -0.4 is 16.4 Å². The fourth-order valence-electron chi connectivity index (χ4n) is 1.15. The van der Waals surface area contributed by atoms with Crippen LogP contribution in [0.2, 0.25) is 0 Å². The van der Waals surface area contributed by atoms with E-state index >= 15 is 0 Å². The molecule has 0 aliphatic rings. The maximum absolute atomic E-state index is 11.4. The first-order valence-electron chi connectivity index (χ1n) is 5.55. The van der Waals surface area contributed by atoms with Gasteiger partial charge in [-0.2, -0.15) is 0 Å². The van der Waals surface area contributed by atoms with E-state index in [9.17, 15) is 9.59 Å². The maximum atomic E-state index is 11.4. The van der Waals surface area contributed by atoms with Crippen molar-refractivity contribution in [3.63, 3.8) is 0 Å². The fourth-order valence-corrected chi connectivity index (χ4v) is 1.15. The molecular weight excluding hydrogens is 250 g/mol. The zero-order chi connectivity index (χ0) is 14.3. The van der Waals surface area contributed by atoms with Gasteiger partial charge in [-0.3, -0.25) is 9.63 Å².